The second kappa shape index (κ2) is 23.8. The summed E-state index contributed by atoms with van der Waals surface area (Å²) in [6.07, 6.45) is 8.35. The number of benzene rings is 3. The summed E-state index contributed by atoms with van der Waals surface area (Å²) in [6, 6.07) is 39.5. The number of hydrogen-bond donors (Lipinski definition) is 2. The van der Waals surface area contributed by atoms with Crippen LogP contribution in [0.25, 0.3) is 33.8 Å². The Bertz CT molecular complexity index is 2260. The van der Waals surface area contributed by atoms with Crippen LogP contribution >= 0.6 is 0 Å². The third-order valence-corrected chi connectivity index (χ3v) is 10.8. The average molecular weight is 847 g/mol. The fourth-order valence-electron chi connectivity index (χ4n) is 7.76. The Balaban J connectivity index is 0.000000311. The van der Waals surface area contributed by atoms with E-state index in [0.717, 1.165) is 64.2 Å². The molecule has 63 heavy (non-hydrogen) atoms. The molecule has 3 atom stereocenters. The molecule has 2 N–H and O–H groups in total. The number of aliphatic hydroxyl groups is 1. The first-order valence-corrected chi connectivity index (χ1v) is 22.1. The fraction of sp³-hybridized carbons (Fsp3) is 0.333. The normalized spacial score (nSPS) is 12.5. The van der Waals surface area contributed by atoms with Crippen LogP contribution in [0.15, 0.2) is 140 Å². The van der Waals surface area contributed by atoms with Gasteiger partial charge in [-0.15, -0.1) is 0 Å². The van der Waals surface area contributed by atoms with Gasteiger partial charge in [0.05, 0.1) is 41.6 Å². The number of aryl methyl sites for hydroxylation is 2. The van der Waals surface area contributed by atoms with Crippen molar-refractivity contribution < 1.29 is 24.6 Å². The highest BCUT2D eigenvalue weighted by Crippen LogP contribution is 2.34. The average Bonchev–Trinajstić information content (AvgIpc) is 3.29. The number of hydrogen-bond acceptors (Lipinski definition) is 7. The van der Waals surface area contributed by atoms with Crippen LogP contribution in [0.3, 0.4) is 0 Å². The zero-order valence-electron chi connectivity index (χ0n) is 37.5. The Morgan fingerprint density at radius 2 is 1.08 bits per heavy atom. The van der Waals surface area contributed by atoms with E-state index in [4.69, 9.17) is 5.11 Å². The van der Waals surface area contributed by atoms with Gasteiger partial charge in [-0.1, -0.05) is 94.4 Å². The lowest BCUT2D eigenvalue weighted by atomic mass is 9.85. The number of unbranched alkanes of at least 4 members (excludes halogenated alkanes) is 1. The van der Waals surface area contributed by atoms with Gasteiger partial charge in [-0.25, -0.2) is 0 Å². The molecular formula is C54H62N4O5. The minimum Gasteiger partial charge on any atom is -0.481 e. The third-order valence-electron chi connectivity index (χ3n) is 10.8. The molecule has 3 heterocycles. The number of pyridine rings is 3. The van der Waals surface area contributed by atoms with Gasteiger partial charge in [-0.2, -0.15) is 0 Å². The number of carboxylic acids is 1. The number of carbonyl (C=O) groups excluding carboxylic acids is 2. The Morgan fingerprint density at radius 1 is 0.587 bits per heavy atom. The molecule has 2 amide bonds. The molecule has 6 rings (SSSR count). The van der Waals surface area contributed by atoms with Crippen molar-refractivity contribution in [3.63, 3.8) is 0 Å². The van der Waals surface area contributed by atoms with Crippen molar-refractivity contribution in [1.82, 2.24) is 19.9 Å². The molecule has 328 valence electrons. The van der Waals surface area contributed by atoms with Crippen LogP contribution in [-0.2, 0) is 20.8 Å². The number of aliphatic hydroxyl groups excluding tert-OH is 1. The Morgan fingerprint density at radius 3 is 1.51 bits per heavy atom. The third kappa shape index (κ3) is 14.4. The Labute approximate surface area is 373 Å². The highest BCUT2D eigenvalue weighted by atomic mass is 16.4. The molecule has 0 spiro atoms. The summed E-state index contributed by atoms with van der Waals surface area (Å²) in [6.45, 7) is 11.9. The molecule has 9 heteroatoms. The number of aromatic nitrogens is 3. The minimum atomic E-state index is -0.869. The van der Waals surface area contributed by atoms with Crippen molar-refractivity contribution in [2.24, 2.45) is 11.8 Å². The van der Waals surface area contributed by atoms with Crippen LogP contribution < -0.4 is 0 Å². The topological polar surface area (TPSA) is 134 Å². The molecule has 3 unspecified atom stereocenters. The largest absolute Gasteiger partial charge is 0.481 e. The standard InChI is InChI=1S/C37H43N3O3.C17H19NO2/c1-25(2)20-32(28-12-10-14-30(22-28)34-16-6-8-18-38-34)36(42)40(24-27(5)41)37(43)33(21-26(3)4)29-13-11-15-31(23-29)35-17-7-9-19-39-35;1-13-9-10-14(6-2-3-8-17(19)20)12-15(13)16-7-4-5-11-18-16/h6-19,22-23,25-27,32-33,41H,20-21,24H2,1-5H3;4-5,7,9-12H,2-3,6,8H2,1H3,(H,19,20). The van der Waals surface area contributed by atoms with Crippen LogP contribution in [0.5, 0.6) is 0 Å². The van der Waals surface area contributed by atoms with Gasteiger partial charge in [-0.3, -0.25) is 34.2 Å². The minimum absolute atomic E-state index is 0.0687. The van der Waals surface area contributed by atoms with Gasteiger partial charge in [0, 0.05) is 41.7 Å². The van der Waals surface area contributed by atoms with Gasteiger partial charge in [0.2, 0.25) is 11.8 Å². The van der Waals surface area contributed by atoms with Gasteiger partial charge in [-0.05, 0) is 135 Å². The second-order valence-corrected chi connectivity index (χ2v) is 17.1. The molecule has 6 aromatic rings. The predicted molar refractivity (Wildman–Crippen MR) is 252 cm³/mol. The first-order valence-electron chi connectivity index (χ1n) is 22.1. The molecular weight excluding hydrogens is 785 g/mol. The van der Waals surface area contributed by atoms with Gasteiger partial charge in [0.1, 0.15) is 0 Å². The monoisotopic (exact) mass is 846 g/mol. The van der Waals surface area contributed by atoms with E-state index in [-0.39, 0.29) is 36.6 Å². The zero-order valence-corrected chi connectivity index (χ0v) is 37.5. The first kappa shape index (κ1) is 47.7. The summed E-state index contributed by atoms with van der Waals surface area (Å²) < 4.78 is 0. The summed E-state index contributed by atoms with van der Waals surface area (Å²) >= 11 is 0. The van der Waals surface area contributed by atoms with Crippen LogP contribution in [0.2, 0.25) is 0 Å². The summed E-state index contributed by atoms with van der Waals surface area (Å²) in [5, 5.41) is 19.1. The molecule has 0 saturated heterocycles. The summed E-state index contributed by atoms with van der Waals surface area (Å²) in [7, 11) is 0. The Kier molecular flexibility index (Phi) is 18.0. The number of carbonyl (C=O) groups is 3. The van der Waals surface area contributed by atoms with E-state index >= 15 is 0 Å². The molecule has 0 aliphatic heterocycles. The first-order chi connectivity index (χ1) is 30.3. The molecule has 3 aromatic carbocycles. The van der Waals surface area contributed by atoms with Crippen molar-refractivity contribution >= 4 is 17.8 Å². The number of carboxylic acid groups (broad SMARTS) is 1. The number of amides is 2. The maximum Gasteiger partial charge on any atom is 0.303 e. The van der Waals surface area contributed by atoms with Crippen LogP contribution in [0.4, 0.5) is 0 Å². The van der Waals surface area contributed by atoms with Gasteiger partial charge >= 0.3 is 5.97 Å². The van der Waals surface area contributed by atoms with Crippen molar-refractivity contribution in [2.75, 3.05) is 6.54 Å². The van der Waals surface area contributed by atoms with Crippen molar-refractivity contribution in [3.8, 4) is 33.8 Å². The molecule has 3 aromatic heterocycles. The van der Waals surface area contributed by atoms with E-state index in [2.05, 4.69) is 67.8 Å². The van der Waals surface area contributed by atoms with E-state index in [0.29, 0.717) is 12.8 Å². The maximum absolute atomic E-state index is 14.5. The van der Waals surface area contributed by atoms with Gasteiger partial charge in [0.15, 0.2) is 0 Å². The Hall–Kier alpha value is -6.32. The number of rotatable bonds is 18. The number of aliphatic carboxylic acids is 1. The molecule has 0 saturated carbocycles. The highest BCUT2D eigenvalue weighted by Gasteiger charge is 2.36. The van der Waals surface area contributed by atoms with E-state index in [1.807, 2.05) is 103 Å². The van der Waals surface area contributed by atoms with Crippen molar-refractivity contribution in [1.29, 1.82) is 0 Å². The lowest BCUT2D eigenvalue weighted by Gasteiger charge is -2.32. The summed E-state index contributed by atoms with van der Waals surface area (Å²) in [5.41, 5.74) is 9.72. The zero-order chi connectivity index (χ0) is 45.3. The lowest BCUT2D eigenvalue weighted by Crippen LogP contribution is -2.46. The number of imide groups is 1. The number of nitrogens with zero attached hydrogens (tertiary/aromatic N) is 4. The van der Waals surface area contributed by atoms with E-state index in [9.17, 15) is 19.5 Å². The quantitative estimate of drug-likeness (QED) is 0.0817. The summed E-state index contributed by atoms with van der Waals surface area (Å²) in [4.78, 5) is 54.1. The molecule has 0 bridgehead atoms. The molecule has 0 radical (unpaired) electrons. The molecule has 0 aliphatic rings. The van der Waals surface area contributed by atoms with Crippen LogP contribution in [0, 0.1) is 18.8 Å². The van der Waals surface area contributed by atoms with Crippen molar-refractivity contribution in [3.05, 3.63) is 162 Å². The van der Waals surface area contributed by atoms with Crippen LogP contribution in [-0.4, -0.2) is 60.5 Å². The maximum atomic E-state index is 14.5. The molecule has 9 nitrogen and oxygen atoms in total. The smallest absolute Gasteiger partial charge is 0.303 e. The van der Waals surface area contributed by atoms with E-state index < -0.39 is 23.9 Å². The highest BCUT2D eigenvalue weighted by molar-refractivity contribution is 6.01. The molecule has 0 aliphatic carbocycles. The summed E-state index contributed by atoms with van der Waals surface area (Å²) in [5.74, 6) is -1.98. The van der Waals surface area contributed by atoms with E-state index in [1.54, 1.807) is 25.5 Å². The predicted octanol–water partition coefficient (Wildman–Crippen LogP) is 11.4. The van der Waals surface area contributed by atoms with Crippen LogP contribution in [0.1, 0.15) is 101 Å². The molecule has 0 fully saturated rings. The van der Waals surface area contributed by atoms with Gasteiger partial charge < -0.3 is 10.2 Å². The SMILES string of the molecule is CC(C)CC(C(=O)N(CC(C)O)C(=O)C(CC(C)C)c1cccc(-c2ccccn2)c1)c1cccc(-c2ccccn2)c1.Cc1ccc(CCCCC(=O)O)cc1-c1ccccn1. The fourth-order valence-corrected chi connectivity index (χ4v) is 7.76. The van der Waals surface area contributed by atoms with Gasteiger partial charge in [0.25, 0.3) is 0 Å². The lowest BCUT2D eigenvalue weighted by molar-refractivity contribution is -0.149. The second-order valence-electron chi connectivity index (χ2n) is 17.1. The van der Waals surface area contributed by atoms with Crippen molar-refractivity contribution in [2.45, 2.75) is 98.0 Å². The van der Waals surface area contributed by atoms with E-state index in [1.165, 1.54) is 16.0 Å².